The number of rotatable bonds is 4. The lowest BCUT2D eigenvalue weighted by Crippen LogP contribution is -2.45. The van der Waals surface area contributed by atoms with Crippen molar-refractivity contribution in [3.05, 3.63) is 88.5 Å². The molecule has 0 saturated carbocycles. The van der Waals surface area contributed by atoms with Crippen molar-refractivity contribution in [3.63, 3.8) is 0 Å². The van der Waals surface area contributed by atoms with Crippen LogP contribution in [0.2, 0.25) is 0 Å². The van der Waals surface area contributed by atoms with Crippen molar-refractivity contribution < 1.29 is 14.4 Å². The Hall–Kier alpha value is -2.64. The average molecular weight is 399 g/mol. The second kappa shape index (κ2) is 7.77. The molecule has 1 atom stereocenters. The normalized spacial score (nSPS) is 17.7. The molecule has 2 aromatic carbocycles. The Morgan fingerprint density at radius 2 is 1.96 bits per heavy atom. The van der Waals surface area contributed by atoms with Crippen LogP contribution in [0.3, 0.4) is 0 Å². The average Bonchev–Trinajstić information content (AvgIpc) is 3.24. The van der Waals surface area contributed by atoms with Crippen molar-refractivity contribution in [2.75, 3.05) is 0 Å². The third kappa shape index (κ3) is 3.21. The van der Waals surface area contributed by atoms with E-state index in [0.717, 1.165) is 16.8 Å². The molecule has 0 spiro atoms. The van der Waals surface area contributed by atoms with Gasteiger partial charge in [-0.2, -0.15) is 18.6 Å². The number of nitrogens with one attached hydrogen (secondary N) is 1. The summed E-state index contributed by atoms with van der Waals surface area (Å²) in [5.41, 5.74) is 4.75. The molecule has 1 aliphatic carbocycles. The second-order valence-electron chi connectivity index (χ2n) is 7.05. The van der Waals surface area contributed by atoms with Crippen LogP contribution < -0.4 is 5.48 Å². The molecule has 3 aromatic rings. The first-order chi connectivity index (χ1) is 13.0. The molecule has 0 fully saturated rings. The lowest BCUT2D eigenvalue weighted by atomic mass is 9.75. The van der Waals surface area contributed by atoms with Crippen LogP contribution in [0.1, 0.15) is 27.9 Å². The van der Waals surface area contributed by atoms with E-state index in [9.17, 15) is 14.4 Å². The number of amides is 1. The largest absolute Gasteiger partial charge is 0.289 e. The number of fused-ring (bicyclic) bond motifs is 1. The second-order valence-corrected chi connectivity index (χ2v) is 7.05. The van der Waals surface area contributed by atoms with Gasteiger partial charge in [-0.1, -0.05) is 42.5 Å². The van der Waals surface area contributed by atoms with Gasteiger partial charge in [-0.3, -0.25) is 14.7 Å². The molecular weight excluding hydrogens is 377 g/mol. The number of nitrogens with zero attached hydrogens (tertiary/aromatic N) is 2. The van der Waals surface area contributed by atoms with Crippen LogP contribution in [0.15, 0.2) is 54.7 Å². The maximum atomic E-state index is 14.2. The lowest BCUT2D eigenvalue weighted by molar-refractivity contribution is -0.135. The fourth-order valence-electron chi connectivity index (χ4n) is 4.07. The summed E-state index contributed by atoms with van der Waals surface area (Å²) in [7, 11) is 0. The molecule has 0 radical (unpaired) electrons. The van der Waals surface area contributed by atoms with Gasteiger partial charge in [0.1, 0.15) is 5.82 Å². The summed E-state index contributed by atoms with van der Waals surface area (Å²) >= 11 is 0. The number of aromatic nitrogens is 2. The molecule has 4 rings (SSSR count). The van der Waals surface area contributed by atoms with Gasteiger partial charge in [-0.25, -0.2) is 9.87 Å². The highest BCUT2D eigenvalue weighted by atomic mass is 32.1. The van der Waals surface area contributed by atoms with E-state index >= 15 is 0 Å². The minimum absolute atomic E-state index is 0. The minimum atomic E-state index is -1.05. The van der Waals surface area contributed by atoms with Gasteiger partial charge >= 0.3 is 0 Å². The molecule has 0 bridgehead atoms. The fourth-order valence-corrected chi connectivity index (χ4v) is 4.07. The van der Waals surface area contributed by atoms with Crippen LogP contribution in [-0.4, -0.2) is 20.9 Å². The van der Waals surface area contributed by atoms with E-state index in [1.165, 1.54) is 6.07 Å². The first kappa shape index (κ1) is 20.1. The Kier molecular flexibility index (Phi) is 5.58. The Morgan fingerprint density at radius 1 is 1.21 bits per heavy atom. The van der Waals surface area contributed by atoms with Gasteiger partial charge in [0.2, 0.25) is 0 Å². The molecule has 0 saturated heterocycles. The van der Waals surface area contributed by atoms with Crippen molar-refractivity contribution in [2.45, 2.75) is 31.7 Å². The van der Waals surface area contributed by atoms with E-state index in [4.69, 9.17) is 0 Å². The smallest absolute Gasteiger partial charge is 0.254 e. The standard InChI is InChI=1S/C21H20FN3O2.H2S/c1-14-17(8-5-9-18(14)22)21(20(26)24-27)10-16-12-23-25(19(16)11-21)13-15-6-3-2-4-7-15;/h2-9,12,27H,10-11,13H2,1H3,(H,24,26);1H2/t21-;/m0./s1. The van der Waals surface area contributed by atoms with Gasteiger partial charge in [0.15, 0.2) is 0 Å². The minimum Gasteiger partial charge on any atom is -0.289 e. The molecule has 0 unspecified atom stereocenters. The summed E-state index contributed by atoms with van der Waals surface area (Å²) in [5.74, 6) is -0.891. The van der Waals surface area contributed by atoms with E-state index in [1.807, 2.05) is 35.0 Å². The molecule has 1 heterocycles. The number of hydrogen-bond donors (Lipinski definition) is 2. The van der Waals surface area contributed by atoms with Crippen LogP contribution in [0.5, 0.6) is 0 Å². The van der Waals surface area contributed by atoms with Gasteiger partial charge < -0.3 is 0 Å². The molecule has 0 aliphatic heterocycles. The summed E-state index contributed by atoms with van der Waals surface area (Å²) in [6, 6.07) is 14.7. The molecule has 5 nitrogen and oxygen atoms in total. The van der Waals surface area contributed by atoms with E-state index in [-0.39, 0.29) is 19.3 Å². The summed E-state index contributed by atoms with van der Waals surface area (Å²) in [5, 5.41) is 13.9. The SMILES string of the molecule is Cc1c(F)cccc1[C@]1(C(=O)NO)Cc2cnn(Cc3ccccc3)c2C1.S. The highest BCUT2D eigenvalue weighted by Gasteiger charge is 2.48. The maximum absolute atomic E-state index is 14.2. The summed E-state index contributed by atoms with van der Waals surface area (Å²) in [6.45, 7) is 2.26. The van der Waals surface area contributed by atoms with Crippen LogP contribution >= 0.6 is 13.5 Å². The Labute approximate surface area is 169 Å². The zero-order chi connectivity index (χ0) is 19.0. The molecule has 1 amide bonds. The Bertz CT molecular complexity index is 1010. The molecule has 2 N–H and O–H groups in total. The number of carbonyl (C=O) groups excluding carboxylic acids is 1. The quantitative estimate of drug-likeness (QED) is 0.524. The monoisotopic (exact) mass is 399 g/mol. The zero-order valence-electron chi connectivity index (χ0n) is 15.4. The zero-order valence-corrected chi connectivity index (χ0v) is 16.4. The molecule has 7 heteroatoms. The molecule has 28 heavy (non-hydrogen) atoms. The van der Waals surface area contributed by atoms with Crippen molar-refractivity contribution in [2.24, 2.45) is 0 Å². The maximum Gasteiger partial charge on any atom is 0.254 e. The van der Waals surface area contributed by atoms with Crippen molar-refractivity contribution in [1.82, 2.24) is 15.3 Å². The predicted molar refractivity (Wildman–Crippen MR) is 108 cm³/mol. The van der Waals surface area contributed by atoms with Gasteiger partial charge in [-0.15, -0.1) is 0 Å². The van der Waals surface area contributed by atoms with Gasteiger partial charge in [0.05, 0.1) is 18.2 Å². The lowest BCUT2D eigenvalue weighted by Gasteiger charge is -2.29. The third-order valence-corrected chi connectivity index (χ3v) is 5.49. The van der Waals surface area contributed by atoms with E-state index in [1.54, 1.807) is 30.7 Å². The molecule has 1 aromatic heterocycles. The summed E-state index contributed by atoms with van der Waals surface area (Å²) < 4.78 is 16.1. The number of hydroxylamine groups is 1. The summed E-state index contributed by atoms with van der Waals surface area (Å²) in [6.07, 6.45) is 2.49. The third-order valence-electron chi connectivity index (χ3n) is 5.49. The number of benzene rings is 2. The fraction of sp³-hybridized carbons (Fsp3) is 0.238. The van der Waals surface area contributed by atoms with Gasteiger partial charge in [0, 0.05) is 12.1 Å². The first-order valence-corrected chi connectivity index (χ1v) is 8.83. The van der Waals surface area contributed by atoms with Crippen LogP contribution in [0, 0.1) is 12.7 Å². The highest BCUT2D eigenvalue weighted by molar-refractivity contribution is 7.59. The molecular formula is C21H22FN3O2S. The van der Waals surface area contributed by atoms with Crippen LogP contribution in [0.25, 0.3) is 0 Å². The Balaban J connectivity index is 0.00000225. The van der Waals surface area contributed by atoms with E-state index in [2.05, 4.69) is 5.10 Å². The molecule has 1 aliphatic rings. The molecule has 146 valence electrons. The highest BCUT2D eigenvalue weighted by Crippen LogP contribution is 2.42. The number of carbonyl (C=O) groups is 1. The van der Waals surface area contributed by atoms with E-state index in [0.29, 0.717) is 30.5 Å². The summed E-state index contributed by atoms with van der Waals surface area (Å²) in [4.78, 5) is 12.7. The van der Waals surface area contributed by atoms with E-state index < -0.39 is 11.3 Å². The van der Waals surface area contributed by atoms with Crippen molar-refractivity contribution in [1.29, 1.82) is 0 Å². The van der Waals surface area contributed by atoms with Crippen LogP contribution in [-0.2, 0) is 29.6 Å². The first-order valence-electron chi connectivity index (χ1n) is 8.83. The Morgan fingerprint density at radius 3 is 2.68 bits per heavy atom. The predicted octanol–water partition coefficient (Wildman–Crippen LogP) is 3.03. The van der Waals surface area contributed by atoms with Crippen LogP contribution in [0.4, 0.5) is 4.39 Å². The van der Waals surface area contributed by atoms with Crippen molar-refractivity contribution >= 4 is 19.4 Å². The number of halogens is 1. The van der Waals surface area contributed by atoms with Gasteiger partial charge in [-0.05, 0) is 41.7 Å². The number of hydrogen-bond acceptors (Lipinski definition) is 3. The van der Waals surface area contributed by atoms with Gasteiger partial charge in [0.25, 0.3) is 5.91 Å². The van der Waals surface area contributed by atoms with Crippen molar-refractivity contribution in [3.8, 4) is 0 Å². The topological polar surface area (TPSA) is 67.2 Å².